The topological polar surface area (TPSA) is 69.2 Å². The third-order valence-electron chi connectivity index (χ3n) is 3.18. The van der Waals surface area contributed by atoms with Gasteiger partial charge in [0.2, 0.25) is 5.91 Å². The summed E-state index contributed by atoms with van der Waals surface area (Å²) >= 11 is 0. The monoisotopic (exact) mass is 285 g/mol. The summed E-state index contributed by atoms with van der Waals surface area (Å²) < 4.78 is 5.31. The van der Waals surface area contributed by atoms with Crippen molar-refractivity contribution in [3.8, 4) is 0 Å². The number of rotatable bonds is 6. The summed E-state index contributed by atoms with van der Waals surface area (Å²) in [4.78, 5) is 19.5. The van der Waals surface area contributed by atoms with Crippen molar-refractivity contribution in [2.24, 2.45) is 4.99 Å². The third-order valence-corrected chi connectivity index (χ3v) is 3.18. The SMILES string of the molecule is CN=C(NCCC(=O)N(C)C)NCCN1CCOCC1. The molecule has 1 amide bonds. The molecule has 0 aromatic carbocycles. The first kappa shape index (κ1) is 16.7. The van der Waals surface area contributed by atoms with Crippen LogP contribution in [0.4, 0.5) is 0 Å². The van der Waals surface area contributed by atoms with Crippen LogP contribution in [-0.2, 0) is 9.53 Å². The fourth-order valence-corrected chi connectivity index (χ4v) is 1.89. The van der Waals surface area contributed by atoms with Gasteiger partial charge in [-0.25, -0.2) is 0 Å². The lowest BCUT2D eigenvalue weighted by Gasteiger charge is -2.26. The van der Waals surface area contributed by atoms with Crippen LogP contribution in [0.1, 0.15) is 6.42 Å². The number of nitrogens with one attached hydrogen (secondary N) is 2. The Morgan fingerprint density at radius 3 is 2.50 bits per heavy atom. The quantitative estimate of drug-likeness (QED) is 0.482. The summed E-state index contributed by atoms with van der Waals surface area (Å²) in [6, 6.07) is 0. The largest absolute Gasteiger partial charge is 0.379 e. The maximum absolute atomic E-state index is 11.4. The highest BCUT2D eigenvalue weighted by molar-refractivity contribution is 5.81. The van der Waals surface area contributed by atoms with Gasteiger partial charge in [-0.1, -0.05) is 0 Å². The van der Waals surface area contributed by atoms with Crippen molar-refractivity contribution in [3.05, 3.63) is 0 Å². The Bertz CT molecular complexity index is 314. The van der Waals surface area contributed by atoms with Gasteiger partial charge in [0, 0.05) is 60.3 Å². The van der Waals surface area contributed by atoms with Crippen LogP contribution in [0.3, 0.4) is 0 Å². The van der Waals surface area contributed by atoms with Crippen LogP contribution in [0.5, 0.6) is 0 Å². The van der Waals surface area contributed by atoms with Gasteiger partial charge >= 0.3 is 0 Å². The Morgan fingerprint density at radius 1 is 1.25 bits per heavy atom. The number of aliphatic imine (C=N–C) groups is 1. The molecule has 1 fully saturated rings. The first-order chi connectivity index (χ1) is 9.63. The van der Waals surface area contributed by atoms with E-state index in [-0.39, 0.29) is 5.91 Å². The minimum atomic E-state index is 0.112. The zero-order chi connectivity index (χ0) is 14.8. The van der Waals surface area contributed by atoms with Gasteiger partial charge in [-0.05, 0) is 0 Å². The van der Waals surface area contributed by atoms with Gasteiger partial charge < -0.3 is 20.3 Å². The summed E-state index contributed by atoms with van der Waals surface area (Å²) in [5.74, 6) is 0.853. The van der Waals surface area contributed by atoms with Gasteiger partial charge in [-0.2, -0.15) is 0 Å². The van der Waals surface area contributed by atoms with Crippen molar-refractivity contribution >= 4 is 11.9 Å². The van der Waals surface area contributed by atoms with Gasteiger partial charge in [-0.3, -0.25) is 14.7 Å². The molecule has 0 aromatic heterocycles. The van der Waals surface area contributed by atoms with E-state index in [1.807, 2.05) is 0 Å². The molecule has 1 aliphatic rings. The molecular formula is C13H27N5O2. The van der Waals surface area contributed by atoms with E-state index in [2.05, 4.69) is 20.5 Å². The molecule has 0 aromatic rings. The number of hydrogen-bond donors (Lipinski definition) is 2. The Kier molecular flexibility index (Phi) is 7.98. The number of morpholine rings is 1. The number of amides is 1. The maximum atomic E-state index is 11.4. The first-order valence-electron chi connectivity index (χ1n) is 7.08. The predicted molar refractivity (Wildman–Crippen MR) is 79.9 cm³/mol. The molecule has 1 saturated heterocycles. The number of guanidine groups is 1. The molecule has 1 rings (SSSR count). The van der Waals surface area contributed by atoms with Crippen molar-refractivity contribution in [1.82, 2.24) is 20.4 Å². The van der Waals surface area contributed by atoms with E-state index in [1.54, 1.807) is 26.0 Å². The standard InChI is InChI=1S/C13H27N5O2/c1-14-13(15-5-4-12(19)17(2)3)16-6-7-18-8-10-20-11-9-18/h4-11H2,1-3H3,(H2,14,15,16). The normalized spacial score (nSPS) is 16.9. The van der Waals surface area contributed by atoms with Crippen molar-refractivity contribution < 1.29 is 9.53 Å². The van der Waals surface area contributed by atoms with Gasteiger partial charge in [-0.15, -0.1) is 0 Å². The summed E-state index contributed by atoms with van der Waals surface area (Å²) in [6.45, 7) is 6.02. The average molecular weight is 285 g/mol. The summed E-state index contributed by atoms with van der Waals surface area (Å²) in [5.41, 5.74) is 0. The van der Waals surface area contributed by atoms with E-state index in [9.17, 15) is 4.79 Å². The van der Waals surface area contributed by atoms with Crippen LogP contribution in [0.2, 0.25) is 0 Å². The van der Waals surface area contributed by atoms with Crippen LogP contribution in [0, 0.1) is 0 Å². The highest BCUT2D eigenvalue weighted by Gasteiger charge is 2.09. The summed E-state index contributed by atoms with van der Waals surface area (Å²) in [7, 11) is 5.26. The van der Waals surface area contributed by atoms with E-state index >= 15 is 0 Å². The third kappa shape index (κ3) is 6.72. The second-order valence-corrected chi connectivity index (χ2v) is 4.92. The number of carbonyl (C=O) groups excluding carboxylic acids is 1. The Labute approximate surface area is 121 Å². The van der Waals surface area contributed by atoms with Crippen LogP contribution in [0.15, 0.2) is 4.99 Å². The number of carbonyl (C=O) groups is 1. The van der Waals surface area contributed by atoms with Gasteiger partial charge in [0.05, 0.1) is 13.2 Å². The molecule has 1 heterocycles. The van der Waals surface area contributed by atoms with E-state index in [1.165, 1.54) is 0 Å². The number of nitrogens with zero attached hydrogens (tertiary/aromatic N) is 3. The van der Waals surface area contributed by atoms with Crippen molar-refractivity contribution in [3.63, 3.8) is 0 Å². The van der Waals surface area contributed by atoms with Gasteiger partial charge in [0.25, 0.3) is 0 Å². The second kappa shape index (κ2) is 9.55. The number of ether oxygens (including phenoxy) is 1. The molecule has 7 heteroatoms. The molecule has 0 radical (unpaired) electrons. The predicted octanol–water partition coefficient (Wildman–Crippen LogP) is -1.04. The maximum Gasteiger partial charge on any atom is 0.223 e. The van der Waals surface area contributed by atoms with E-state index in [4.69, 9.17) is 4.74 Å². The summed E-state index contributed by atoms with van der Waals surface area (Å²) in [6.07, 6.45) is 0.469. The van der Waals surface area contributed by atoms with E-state index in [0.717, 1.165) is 45.4 Å². The number of hydrogen-bond acceptors (Lipinski definition) is 4. The van der Waals surface area contributed by atoms with E-state index in [0.29, 0.717) is 13.0 Å². The molecule has 0 unspecified atom stereocenters. The molecule has 0 atom stereocenters. The molecular weight excluding hydrogens is 258 g/mol. The lowest BCUT2D eigenvalue weighted by atomic mass is 10.4. The molecule has 1 aliphatic heterocycles. The Hall–Kier alpha value is -1.34. The van der Waals surface area contributed by atoms with Crippen LogP contribution in [0.25, 0.3) is 0 Å². The Morgan fingerprint density at radius 2 is 1.90 bits per heavy atom. The highest BCUT2D eigenvalue weighted by Crippen LogP contribution is 1.94. The minimum absolute atomic E-state index is 0.112. The fraction of sp³-hybridized carbons (Fsp3) is 0.846. The van der Waals surface area contributed by atoms with Crippen LogP contribution in [-0.4, -0.2) is 88.7 Å². The zero-order valence-electron chi connectivity index (χ0n) is 12.8. The molecule has 20 heavy (non-hydrogen) atoms. The molecule has 0 saturated carbocycles. The molecule has 2 N–H and O–H groups in total. The minimum Gasteiger partial charge on any atom is -0.379 e. The molecule has 116 valence electrons. The first-order valence-corrected chi connectivity index (χ1v) is 7.08. The summed E-state index contributed by atoms with van der Waals surface area (Å²) in [5, 5.41) is 6.39. The van der Waals surface area contributed by atoms with Gasteiger partial charge in [0.1, 0.15) is 0 Å². The van der Waals surface area contributed by atoms with E-state index < -0.39 is 0 Å². The molecule has 0 aliphatic carbocycles. The second-order valence-electron chi connectivity index (χ2n) is 4.92. The molecule has 0 bridgehead atoms. The Balaban J connectivity index is 2.11. The van der Waals surface area contributed by atoms with Crippen LogP contribution >= 0.6 is 0 Å². The molecule has 0 spiro atoms. The lowest BCUT2D eigenvalue weighted by Crippen LogP contribution is -2.45. The van der Waals surface area contributed by atoms with Crippen molar-refractivity contribution in [2.75, 3.05) is 67.1 Å². The lowest BCUT2D eigenvalue weighted by molar-refractivity contribution is -0.128. The smallest absolute Gasteiger partial charge is 0.223 e. The fourth-order valence-electron chi connectivity index (χ4n) is 1.89. The van der Waals surface area contributed by atoms with Crippen molar-refractivity contribution in [1.29, 1.82) is 0 Å². The molecule has 7 nitrogen and oxygen atoms in total. The average Bonchev–Trinajstić information content (AvgIpc) is 2.46. The highest BCUT2D eigenvalue weighted by atomic mass is 16.5. The van der Waals surface area contributed by atoms with Gasteiger partial charge in [0.15, 0.2) is 5.96 Å². The van der Waals surface area contributed by atoms with Crippen LogP contribution < -0.4 is 10.6 Å². The van der Waals surface area contributed by atoms with Crippen molar-refractivity contribution in [2.45, 2.75) is 6.42 Å². The zero-order valence-corrected chi connectivity index (χ0v) is 12.8.